The fraction of sp³-hybridized carbons (Fsp3) is 0.308. The number of benzene rings is 1. The molecule has 3 heteroatoms. The molecule has 1 radical (unpaired) electrons. The molecule has 1 aromatic carbocycles. The molecule has 1 aromatic rings. The summed E-state index contributed by atoms with van der Waals surface area (Å²) in [5.74, 6) is 0.895. The third kappa shape index (κ3) is 5.78. The number of aryl methyl sites for hydroxylation is 1. The first-order valence-corrected chi connectivity index (χ1v) is 4.58. The van der Waals surface area contributed by atoms with Crippen molar-refractivity contribution < 1.29 is 42.2 Å². The van der Waals surface area contributed by atoms with E-state index in [1.54, 1.807) is 14.2 Å². The average molecular weight is 296 g/mol. The molecule has 0 N–H and O–H groups in total. The standard InChI is InChI=1S/C12H16O2.CH3.Y/c1-10-9-12(14-3)7-6-11(10)5-4-8-13-2;;/h4-7,9H,8H2,1-3H3;1H3;/q;-1;/b5-4+;;. The molecule has 0 aliphatic rings. The molecule has 87 valence electrons. The minimum Gasteiger partial charge on any atom is -0.497 e. The van der Waals surface area contributed by atoms with E-state index in [1.165, 1.54) is 11.1 Å². The largest absolute Gasteiger partial charge is 0.497 e. The molecule has 0 aromatic heterocycles. The van der Waals surface area contributed by atoms with Crippen LogP contribution in [0, 0.1) is 14.4 Å². The van der Waals surface area contributed by atoms with Gasteiger partial charge in [0.15, 0.2) is 0 Å². The zero-order valence-corrected chi connectivity index (χ0v) is 13.3. The smallest absolute Gasteiger partial charge is 0.119 e. The van der Waals surface area contributed by atoms with Gasteiger partial charge in [-0.2, -0.15) is 0 Å². The van der Waals surface area contributed by atoms with Gasteiger partial charge >= 0.3 is 0 Å². The molecule has 0 amide bonds. The van der Waals surface area contributed by atoms with Crippen LogP contribution in [0.15, 0.2) is 24.3 Å². The second kappa shape index (κ2) is 10.0. The maximum atomic E-state index is 5.13. The summed E-state index contributed by atoms with van der Waals surface area (Å²) in [7, 11) is 3.36. The molecular formula is C13H19O2Y-. The van der Waals surface area contributed by atoms with Crippen molar-refractivity contribution in [2.24, 2.45) is 0 Å². The summed E-state index contributed by atoms with van der Waals surface area (Å²) >= 11 is 0. The van der Waals surface area contributed by atoms with Crippen LogP contribution in [0.3, 0.4) is 0 Å². The predicted molar refractivity (Wildman–Crippen MR) is 65.1 cm³/mol. The maximum Gasteiger partial charge on any atom is 0.119 e. The average Bonchev–Trinajstić information content (AvgIpc) is 2.20. The van der Waals surface area contributed by atoms with Gasteiger partial charge in [-0.25, -0.2) is 0 Å². The second-order valence-corrected chi connectivity index (χ2v) is 3.08. The molecule has 1 rings (SSSR count). The first kappa shape index (κ1) is 18.2. The van der Waals surface area contributed by atoms with Crippen LogP contribution in [0.1, 0.15) is 11.1 Å². The van der Waals surface area contributed by atoms with E-state index in [4.69, 9.17) is 9.47 Å². The van der Waals surface area contributed by atoms with E-state index in [0.29, 0.717) is 6.61 Å². The Hall–Kier alpha value is -0.176. The minimum absolute atomic E-state index is 0. The van der Waals surface area contributed by atoms with Crippen LogP contribution in [0.25, 0.3) is 6.08 Å². The van der Waals surface area contributed by atoms with Crippen LogP contribution in [-0.4, -0.2) is 20.8 Å². The normalized spacial score (nSPS) is 9.44. The molecule has 0 bridgehead atoms. The Kier molecular flexibility index (Phi) is 11.4. The van der Waals surface area contributed by atoms with E-state index in [2.05, 4.69) is 13.0 Å². The zero-order chi connectivity index (χ0) is 10.4. The number of hydrogen-bond donors (Lipinski definition) is 0. The van der Waals surface area contributed by atoms with Crippen LogP contribution in [0.2, 0.25) is 0 Å². The molecule has 2 nitrogen and oxygen atoms in total. The molecule has 0 spiro atoms. The van der Waals surface area contributed by atoms with Gasteiger partial charge in [0, 0.05) is 39.8 Å². The molecule has 0 atom stereocenters. The van der Waals surface area contributed by atoms with Gasteiger partial charge in [0.25, 0.3) is 0 Å². The van der Waals surface area contributed by atoms with Crippen molar-refractivity contribution in [2.75, 3.05) is 20.8 Å². The molecule has 0 saturated heterocycles. The molecule has 0 fully saturated rings. The van der Waals surface area contributed by atoms with Gasteiger partial charge in [0.2, 0.25) is 0 Å². The van der Waals surface area contributed by atoms with E-state index in [-0.39, 0.29) is 40.1 Å². The van der Waals surface area contributed by atoms with Crippen molar-refractivity contribution >= 4 is 6.08 Å². The Morgan fingerprint density at radius 3 is 2.44 bits per heavy atom. The van der Waals surface area contributed by atoms with Crippen molar-refractivity contribution in [1.82, 2.24) is 0 Å². The number of ether oxygens (including phenoxy) is 2. The van der Waals surface area contributed by atoms with Gasteiger partial charge in [-0.15, -0.1) is 0 Å². The van der Waals surface area contributed by atoms with Gasteiger partial charge in [0.1, 0.15) is 5.75 Å². The monoisotopic (exact) mass is 296 g/mol. The molecule has 0 aliphatic heterocycles. The van der Waals surface area contributed by atoms with Crippen LogP contribution in [-0.2, 0) is 37.4 Å². The van der Waals surface area contributed by atoms with Crippen LogP contribution < -0.4 is 4.74 Å². The summed E-state index contributed by atoms with van der Waals surface area (Å²) in [5.41, 5.74) is 2.40. The Balaban J connectivity index is 0. The molecule has 0 saturated carbocycles. The number of methoxy groups -OCH3 is 2. The summed E-state index contributed by atoms with van der Waals surface area (Å²) in [5, 5.41) is 0. The Bertz CT molecular complexity index is 322. The number of rotatable bonds is 4. The predicted octanol–water partition coefficient (Wildman–Crippen LogP) is 3.11. The second-order valence-electron chi connectivity index (χ2n) is 3.08. The molecular weight excluding hydrogens is 277 g/mol. The summed E-state index contributed by atoms with van der Waals surface area (Å²) < 4.78 is 10.1. The fourth-order valence-electron chi connectivity index (χ4n) is 1.23. The Morgan fingerprint density at radius 2 is 1.94 bits per heavy atom. The van der Waals surface area contributed by atoms with Gasteiger partial charge in [-0.05, 0) is 30.2 Å². The summed E-state index contributed by atoms with van der Waals surface area (Å²) in [6, 6.07) is 6.02. The van der Waals surface area contributed by atoms with Gasteiger partial charge < -0.3 is 16.9 Å². The van der Waals surface area contributed by atoms with Crippen molar-refractivity contribution in [2.45, 2.75) is 6.92 Å². The third-order valence-corrected chi connectivity index (χ3v) is 2.04. The van der Waals surface area contributed by atoms with Crippen LogP contribution >= 0.6 is 0 Å². The van der Waals surface area contributed by atoms with Crippen molar-refractivity contribution in [3.8, 4) is 5.75 Å². The summed E-state index contributed by atoms with van der Waals surface area (Å²) in [6.45, 7) is 2.71. The molecule has 0 aliphatic carbocycles. The van der Waals surface area contributed by atoms with E-state index in [0.717, 1.165) is 5.75 Å². The van der Waals surface area contributed by atoms with E-state index < -0.39 is 0 Å². The van der Waals surface area contributed by atoms with Gasteiger partial charge in [0.05, 0.1) is 13.7 Å². The van der Waals surface area contributed by atoms with Crippen molar-refractivity contribution in [3.63, 3.8) is 0 Å². The van der Waals surface area contributed by atoms with E-state index >= 15 is 0 Å². The Morgan fingerprint density at radius 1 is 1.25 bits per heavy atom. The Labute approximate surface area is 124 Å². The third-order valence-electron chi connectivity index (χ3n) is 2.04. The number of hydrogen-bond acceptors (Lipinski definition) is 2. The summed E-state index contributed by atoms with van der Waals surface area (Å²) in [6.07, 6.45) is 4.05. The quantitative estimate of drug-likeness (QED) is 0.795. The van der Waals surface area contributed by atoms with Crippen molar-refractivity contribution in [3.05, 3.63) is 42.8 Å². The maximum absolute atomic E-state index is 5.13. The summed E-state index contributed by atoms with van der Waals surface area (Å²) in [4.78, 5) is 0. The van der Waals surface area contributed by atoms with Crippen molar-refractivity contribution in [1.29, 1.82) is 0 Å². The first-order chi connectivity index (χ1) is 6.77. The molecule has 0 unspecified atom stereocenters. The SMILES string of the molecule is COC/C=C/c1ccc(OC)cc1C.[CH3-].[Y]. The topological polar surface area (TPSA) is 18.5 Å². The van der Waals surface area contributed by atoms with Gasteiger partial charge in [-0.1, -0.05) is 18.2 Å². The zero-order valence-electron chi connectivity index (χ0n) is 10.5. The molecule has 0 heterocycles. The van der Waals surface area contributed by atoms with E-state index in [1.807, 2.05) is 24.3 Å². The van der Waals surface area contributed by atoms with Crippen LogP contribution in [0.5, 0.6) is 5.75 Å². The minimum atomic E-state index is 0. The first-order valence-electron chi connectivity index (χ1n) is 4.58. The van der Waals surface area contributed by atoms with Crippen LogP contribution in [0.4, 0.5) is 0 Å². The fourth-order valence-corrected chi connectivity index (χ4v) is 1.23. The van der Waals surface area contributed by atoms with E-state index in [9.17, 15) is 0 Å². The molecule has 16 heavy (non-hydrogen) atoms. The van der Waals surface area contributed by atoms with Gasteiger partial charge in [-0.3, -0.25) is 0 Å².